The van der Waals surface area contributed by atoms with E-state index in [9.17, 15) is 13.2 Å². The van der Waals surface area contributed by atoms with E-state index in [2.05, 4.69) is 28.2 Å². The summed E-state index contributed by atoms with van der Waals surface area (Å²) >= 11 is 3.39. The number of benzene rings is 3. The van der Waals surface area contributed by atoms with Gasteiger partial charge in [0.25, 0.3) is 10.0 Å². The van der Waals surface area contributed by atoms with E-state index >= 15 is 0 Å². The number of sulfonamides is 1. The van der Waals surface area contributed by atoms with Crippen molar-refractivity contribution in [2.75, 3.05) is 10.8 Å². The number of hydrogen-bond donors (Lipinski definition) is 1. The molecule has 7 heteroatoms. The van der Waals surface area contributed by atoms with Crippen LogP contribution in [0.2, 0.25) is 0 Å². The van der Waals surface area contributed by atoms with Gasteiger partial charge in [0.05, 0.1) is 16.6 Å². The number of anilines is 1. The van der Waals surface area contributed by atoms with Crippen LogP contribution in [0.15, 0.2) is 82.2 Å². The topological polar surface area (TPSA) is 66.5 Å². The van der Waals surface area contributed by atoms with Crippen LogP contribution < -0.4 is 9.62 Å². The predicted molar refractivity (Wildman–Crippen MR) is 132 cm³/mol. The molecule has 0 saturated heterocycles. The third-order valence-electron chi connectivity index (χ3n) is 5.26. The molecule has 1 unspecified atom stereocenters. The van der Waals surface area contributed by atoms with Gasteiger partial charge in [-0.25, -0.2) is 8.42 Å². The van der Waals surface area contributed by atoms with Crippen molar-refractivity contribution in [3.8, 4) is 0 Å². The Balaban J connectivity index is 1.86. The van der Waals surface area contributed by atoms with Gasteiger partial charge in [0.1, 0.15) is 6.54 Å². The second-order valence-corrected chi connectivity index (χ2v) is 10.5. The molecule has 0 aromatic heterocycles. The summed E-state index contributed by atoms with van der Waals surface area (Å²) in [7, 11) is -3.94. The lowest BCUT2D eigenvalue weighted by atomic mass is 10.1. The molecule has 3 rings (SSSR count). The number of carbonyl (C=O) groups excluding carboxylic acids is 1. The summed E-state index contributed by atoms with van der Waals surface area (Å²) in [5, 5.41) is 2.92. The number of aryl methyl sites for hydroxylation is 2. The lowest BCUT2D eigenvalue weighted by Crippen LogP contribution is -2.41. The molecule has 32 heavy (non-hydrogen) atoms. The molecule has 1 amide bonds. The van der Waals surface area contributed by atoms with Gasteiger partial charge in [-0.05, 0) is 61.7 Å². The highest BCUT2D eigenvalue weighted by Gasteiger charge is 2.27. The third kappa shape index (κ3) is 5.78. The van der Waals surface area contributed by atoms with Crippen molar-refractivity contribution in [2.45, 2.75) is 38.1 Å². The van der Waals surface area contributed by atoms with Crippen LogP contribution in [0.25, 0.3) is 0 Å². The van der Waals surface area contributed by atoms with Gasteiger partial charge >= 0.3 is 0 Å². The Hall–Kier alpha value is -2.64. The highest BCUT2D eigenvalue weighted by atomic mass is 79.9. The highest BCUT2D eigenvalue weighted by Crippen LogP contribution is 2.26. The van der Waals surface area contributed by atoms with Gasteiger partial charge in [0.15, 0.2) is 0 Å². The minimum absolute atomic E-state index is 0.138. The van der Waals surface area contributed by atoms with Gasteiger partial charge in [-0.1, -0.05) is 70.9 Å². The van der Waals surface area contributed by atoms with Crippen molar-refractivity contribution in [3.63, 3.8) is 0 Å². The lowest BCUT2D eigenvalue weighted by molar-refractivity contribution is -0.120. The monoisotopic (exact) mass is 514 g/mol. The molecule has 0 aliphatic rings. The number of hydrogen-bond acceptors (Lipinski definition) is 3. The number of nitrogens with one attached hydrogen (secondary N) is 1. The molecule has 168 valence electrons. The fraction of sp³-hybridized carbons (Fsp3) is 0.240. The molecular formula is C25H27BrN2O3S. The first-order chi connectivity index (χ1) is 15.2. The fourth-order valence-electron chi connectivity index (χ4n) is 3.33. The zero-order valence-corrected chi connectivity index (χ0v) is 20.8. The fourth-order valence-corrected chi connectivity index (χ4v) is 5.13. The molecule has 1 atom stereocenters. The summed E-state index contributed by atoms with van der Waals surface area (Å²) in [4.78, 5) is 13.1. The SMILES string of the molecule is CCc1ccc(C(C)NC(=O)CN(c2cccc(Br)c2)S(=O)(=O)c2ccc(C)cc2)cc1. The number of carbonyl (C=O) groups is 1. The van der Waals surface area contributed by atoms with E-state index in [1.165, 1.54) is 5.56 Å². The second kappa shape index (κ2) is 10.3. The third-order valence-corrected chi connectivity index (χ3v) is 7.54. The molecule has 0 fully saturated rings. The summed E-state index contributed by atoms with van der Waals surface area (Å²) in [6, 6.07) is 21.3. The molecule has 0 saturated carbocycles. The van der Waals surface area contributed by atoms with E-state index in [1.807, 2.05) is 44.2 Å². The van der Waals surface area contributed by atoms with Crippen LogP contribution in [0.4, 0.5) is 5.69 Å². The van der Waals surface area contributed by atoms with Crippen LogP contribution in [0.1, 0.15) is 36.6 Å². The largest absolute Gasteiger partial charge is 0.348 e. The highest BCUT2D eigenvalue weighted by molar-refractivity contribution is 9.10. The first-order valence-corrected chi connectivity index (χ1v) is 12.7. The smallest absolute Gasteiger partial charge is 0.264 e. The Morgan fingerprint density at radius 2 is 1.69 bits per heavy atom. The van der Waals surface area contributed by atoms with Crippen LogP contribution in [-0.4, -0.2) is 20.9 Å². The molecule has 0 aliphatic heterocycles. The molecule has 3 aromatic rings. The normalized spacial score (nSPS) is 12.2. The molecule has 0 radical (unpaired) electrons. The van der Waals surface area contributed by atoms with Crippen LogP contribution in [0, 0.1) is 6.92 Å². The maximum Gasteiger partial charge on any atom is 0.264 e. The summed E-state index contributed by atoms with van der Waals surface area (Å²) in [6.07, 6.45) is 0.944. The Morgan fingerprint density at radius 3 is 2.28 bits per heavy atom. The summed E-state index contributed by atoms with van der Waals surface area (Å²) in [6.45, 7) is 5.54. The summed E-state index contributed by atoms with van der Waals surface area (Å²) < 4.78 is 28.8. The lowest BCUT2D eigenvalue weighted by Gasteiger charge is -2.25. The molecule has 0 heterocycles. The van der Waals surface area contributed by atoms with Crippen LogP contribution in [-0.2, 0) is 21.2 Å². The van der Waals surface area contributed by atoms with E-state index in [0.717, 1.165) is 26.3 Å². The van der Waals surface area contributed by atoms with Crippen molar-refractivity contribution in [1.29, 1.82) is 0 Å². The van der Waals surface area contributed by atoms with Gasteiger partial charge < -0.3 is 5.32 Å². The standard InChI is InChI=1S/C25H27BrN2O3S/c1-4-20-10-12-21(13-11-20)19(3)27-25(29)17-28(23-7-5-6-22(26)16-23)32(30,31)24-14-8-18(2)9-15-24/h5-16,19H,4,17H2,1-3H3,(H,27,29). The van der Waals surface area contributed by atoms with Crippen molar-refractivity contribution in [3.05, 3.63) is 94.0 Å². The van der Waals surface area contributed by atoms with Crippen LogP contribution in [0.3, 0.4) is 0 Å². The first-order valence-electron chi connectivity index (χ1n) is 10.4. The van der Waals surface area contributed by atoms with Crippen molar-refractivity contribution in [1.82, 2.24) is 5.32 Å². The summed E-state index contributed by atoms with van der Waals surface area (Å²) in [5.41, 5.74) is 3.55. The number of rotatable bonds is 8. The number of amides is 1. The van der Waals surface area contributed by atoms with E-state index in [4.69, 9.17) is 0 Å². The average Bonchev–Trinajstić information content (AvgIpc) is 2.77. The second-order valence-electron chi connectivity index (χ2n) is 7.69. The van der Waals surface area contributed by atoms with Crippen molar-refractivity contribution >= 4 is 37.5 Å². The molecule has 0 bridgehead atoms. The van der Waals surface area contributed by atoms with Crippen LogP contribution in [0.5, 0.6) is 0 Å². The zero-order chi connectivity index (χ0) is 23.3. The Labute approximate surface area is 198 Å². The minimum Gasteiger partial charge on any atom is -0.348 e. The number of nitrogens with zero attached hydrogens (tertiary/aromatic N) is 1. The molecular weight excluding hydrogens is 488 g/mol. The Bertz CT molecular complexity index is 1180. The number of halogens is 1. The zero-order valence-electron chi connectivity index (χ0n) is 18.4. The maximum absolute atomic E-state index is 13.4. The van der Waals surface area contributed by atoms with Gasteiger partial charge in [-0.3, -0.25) is 9.10 Å². The Kier molecular flexibility index (Phi) is 7.74. The first kappa shape index (κ1) is 24.0. The van der Waals surface area contributed by atoms with Gasteiger partial charge in [-0.2, -0.15) is 0 Å². The predicted octanol–water partition coefficient (Wildman–Crippen LogP) is 5.39. The quantitative estimate of drug-likeness (QED) is 0.438. The van der Waals surface area contributed by atoms with Crippen molar-refractivity contribution in [2.24, 2.45) is 0 Å². The van der Waals surface area contributed by atoms with Gasteiger partial charge in [-0.15, -0.1) is 0 Å². The molecule has 1 N–H and O–H groups in total. The van der Waals surface area contributed by atoms with E-state index in [1.54, 1.807) is 42.5 Å². The molecule has 3 aromatic carbocycles. The average molecular weight is 515 g/mol. The van der Waals surface area contributed by atoms with E-state index in [0.29, 0.717) is 5.69 Å². The Morgan fingerprint density at radius 1 is 1.03 bits per heavy atom. The summed E-state index contributed by atoms with van der Waals surface area (Å²) in [5.74, 6) is -0.382. The minimum atomic E-state index is -3.94. The molecule has 0 aliphatic carbocycles. The maximum atomic E-state index is 13.4. The molecule has 5 nitrogen and oxygen atoms in total. The van der Waals surface area contributed by atoms with E-state index < -0.39 is 10.0 Å². The van der Waals surface area contributed by atoms with E-state index in [-0.39, 0.29) is 23.4 Å². The van der Waals surface area contributed by atoms with Gasteiger partial charge in [0, 0.05) is 4.47 Å². The van der Waals surface area contributed by atoms with Gasteiger partial charge in [0.2, 0.25) is 5.91 Å². The molecule has 0 spiro atoms. The van der Waals surface area contributed by atoms with Crippen molar-refractivity contribution < 1.29 is 13.2 Å². The van der Waals surface area contributed by atoms with Crippen LogP contribution >= 0.6 is 15.9 Å².